The first kappa shape index (κ1) is 41.7. The van der Waals surface area contributed by atoms with Gasteiger partial charge in [-0.05, 0) is 109 Å². The lowest BCUT2D eigenvalue weighted by Gasteiger charge is -2.07. The van der Waals surface area contributed by atoms with Crippen LogP contribution in [0.1, 0.15) is 0 Å². The number of nitrogens with zero attached hydrogens (tertiary/aromatic N) is 6. The van der Waals surface area contributed by atoms with Crippen LogP contribution in [0.2, 0.25) is 0 Å². The molecule has 15 rings (SSSR count). The highest BCUT2D eigenvalue weighted by atomic mass is 79.9. The van der Waals surface area contributed by atoms with Crippen LogP contribution in [0.25, 0.3) is 132 Å². The summed E-state index contributed by atoms with van der Waals surface area (Å²) in [5, 5.41) is 11.0. The summed E-state index contributed by atoms with van der Waals surface area (Å²) in [4.78, 5) is 28.0. The zero-order valence-corrected chi connectivity index (χ0v) is 40.1. The summed E-state index contributed by atoms with van der Waals surface area (Å²) in [5.41, 5.74) is 13.0. The summed E-state index contributed by atoms with van der Waals surface area (Å²) in [6, 6.07) is 61.6. The molecule has 0 spiro atoms. The highest BCUT2D eigenvalue weighted by Crippen LogP contribution is 2.37. The van der Waals surface area contributed by atoms with Gasteiger partial charge in [0.25, 0.3) is 0 Å². The molecule has 0 amide bonds. The Morgan fingerprint density at radius 1 is 0.286 bits per heavy atom. The topological polar surface area (TPSA) is 104 Å². The molecule has 0 saturated carbocycles. The van der Waals surface area contributed by atoms with Gasteiger partial charge in [0.2, 0.25) is 0 Å². The van der Waals surface area contributed by atoms with Crippen molar-refractivity contribution >= 4 is 141 Å². The zero-order chi connectivity index (χ0) is 46.7. The Morgan fingerprint density at radius 3 is 0.957 bits per heavy atom. The van der Waals surface area contributed by atoms with Crippen LogP contribution < -0.4 is 0 Å². The fourth-order valence-electron chi connectivity index (χ4n) is 9.27. The number of rotatable bonds is 2. The molecule has 0 atom stereocenters. The van der Waals surface area contributed by atoms with Gasteiger partial charge in [-0.25, -0.2) is 9.97 Å². The molecule has 0 bridgehead atoms. The van der Waals surface area contributed by atoms with Crippen molar-refractivity contribution in [1.82, 2.24) is 29.9 Å². The van der Waals surface area contributed by atoms with Crippen LogP contribution >= 0.6 is 31.9 Å². The molecule has 0 fully saturated rings. The molecule has 8 aromatic heterocycles. The van der Waals surface area contributed by atoms with Gasteiger partial charge in [0.15, 0.2) is 0 Å². The minimum Gasteiger partial charge on any atom is -0.456 e. The van der Waals surface area contributed by atoms with Gasteiger partial charge < -0.3 is 8.83 Å². The number of pyridine rings is 6. The molecule has 0 aliphatic heterocycles. The largest absolute Gasteiger partial charge is 0.456 e. The number of fused-ring (bicyclic) bond motifs is 15. The molecule has 330 valence electrons. The number of hydrogen-bond acceptors (Lipinski definition) is 8. The van der Waals surface area contributed by atoms with Gasteiger partial charge in [0, 0.05) is 98.7 Å². The summed E-state index contributed by atoms with van der Waals surface area (Å²) >= 11 is 6.94. The minimum atomic E-state index is 0.843. The van der Waals surface area contributed by atoms with E-state index in [-0.39, 0.29) is 0 Å². The van der Waals surface area contributed by atoms with E-state index < -0.39 is 0 Å². The van der Waals surface area contributed by atoms with Gasteiger partial charge in [0.05, 0.1) is 44.5 Å². The quantitative estimate of drug-likeness (QED) is 0.158. The van der Waals surface area contributed by atoms with E-state index in [0.717, 1.165) is 141 Å². The summed E-state index contributed by atoms with van der Waals surface area (Å²) in [6.45, 7) is 0. The zero-order valence-electron chi connectivity index (χ0n) is 36.9. The summed E-state index contributed by atoms with van der Waals surface area (Å²) < 4.78 is 14.1. The Hall–Kier alpha value is -8.44. The summed E-state index contributed by atoms with van der Waals surface area (Å²) in [6.07, 6.45) is 7.24. The Kier molecular flexibility index (Phi) is 10.3. The number of halogens is 2. The molecule has 15 aromatic rings. The van der Waals surface area contributed by atoms with Crippen LogP contribution in [0.5, 0.6) is 0 Å². The van der Waals surface area contributed by atoms with Gasteiger partial charge >= 0.3 is 0 Å². The number of furan rings is 2. The van der Waals surface area contributed by atoms with Crippen LogP contribution in [-0.4, -0.2) is 29.9 Å². The average Bonchev–Trinajstić information content (AvgIpc) is 3.97. The maximum absolute atomic E-state index is 6.23. The van der Waals surface area contributed by atoms with Crippen molar-refractivity contribution in [2.75, 3.05) is 0 Å². The van der Waals surface area contributed by atoms with E-state index in [4.69, 9.17) is 18.8 Å². The SMILES string of the molecule is Brc1ccc2oc3ccc(Br)cc3c2c1.c1cnc2c(c1)ccc1ccc(-c3ccc4oc5ccc(-c6ccc7ccc8cccnc8c7n6)cc5c4c3)nc12.c1cnc2c(c1)ccc1cccnc12. The lowest BCUT2D eigenvalue weighted by atomic mass is 10.0. The second-order valence-corrected chi connectivity index (χ2v) is 18.8. The fraction of sp³-hybridized carbons (Fsp3) is 0. The molecule has 0 aliphatic rings. The van der Waals surface area contributed by atoms with Crippen LogP contribution in [0.4, 0.5) is 0 Å². The molecule has 0 saturated heterocycles. The van der Waals surface area contributed by atoms with Crippen LogP contribution in [0.15, 0.2) is 225 Å². The van der Waals surface area contributed by atoms with Gasteiger partial charge in [-0.3, -0.25) is 19.9 Å². The molecule has 8 nitrogen and oxygen atoms in total. The van der Waals surface area contributed by atoms with Gasteiger partial charge in [-0.1, -0.05) is 105 Å². The third kappa shape index (κ3) is 7.54. The van der Waals surface area contributed by atoms with Crippen LogP contribution in [0.3, 0.4) is 0 Å². The number of hydrogen-bond donors (Lipinski definition) is 0. The minimum absolute atomic E-state index is 0.843. The normalized spacial score (nSPS) is 11.6. The number of aromatic nitrogens is 6. The van der Waals surface area contributed by atoms with E-state index in [0.29, 0.717) is 0 Å². The first-order valence-electron chi connectivity index (χ1n) is 22.6. The third-order valence-electron chi connectivity index (χ3n) is 12.7. The van der Waals surface area contributed by atoms with E-state index in [1.165, 1.54) is 0 Å². The van der Waals surface area contributed by atoms with Crippen molar-refractivity contribution in [3.8, 4) is 22.5 Å². The predicted octanol–water partition coefficient (Wildman–Crippen LogP) is 17.0. The van der Waals surface area contributed by atoms with E-state index in [1.807, 2.05) is 73.1 Å². The van der Waals surface area contributed by atoms with E-state index in [1.54, 1.807) is 12.4 Å². The standard InChI is InChI=1S/C36H20N4O.C12H6Br2O.C12H8N2/c1-3-21-5-7-23-9-13-29(39-35(23)33(21)37-17-1)25-11-15-31-27(19-25)28-20-26(12-16-32(28)41-31)30-14-10-24-8-6-22-4-2-18-38-34(22)36(24)40-30;13-7-1-3-11-9(5-7)10-6-8(14)2-4-12(10)15-11;1-3-9-5-6-10-4-2-8-14-12(10)11(9)13-7-1/h1-20H;1-6H;1-8H. The Morgan fingerprint density at radius 2 is 0.586 bits per heavy atom. The summed E-state index contributed by atoms with van der Waals surface area (Å²) in [5.74, 6) is 0. The molecule has 0 radical (unpaired) electrons. The second-order valence-electron chi connectivity index (χ2n) is 16.9. The lowest BCUT2D eigenvalue weighted by molar-refractivity contribution is 0.668. The molecule has 0 aliphatic carbocycles. The summed E-state index contributed by atoms with van der Waals surface area (Å²) in [7, 11) is 0. The molecular weight excluding hydrogens is 997 g/mol. The van der Waals surface area contributed by atoms with Gasteiger partial charge in [-0.15, -0.1) is 0 Å². The highest BCUT2D eigenvalue weighted by molar-refractivity contribution is 9.10. The Labute approximate surface area is 415 Å². The molecule has 70 heavy (non-hydrogen) atoms. The maximum Gasteiger partial charge on any atom is 0.135 e. The molecule has 7 aromatic carbocycles. The van der Waals surface area contributed by atoms with Crippen molar-refractivity contribution in [3.05, 3.63) is 216 Å². The van der Waals surface area contributed by atoms with Crippen molar-refractivity contribution in [2.24, 2.45) is 0 Å². The number of benzene rings is 7. The maximum atomic E-state index is 6.23. The lowest BCUT2D eigenvalue weighted by Crippen LogP contribution is -1.89. The average molecular weight is 1030 g/mol. The second kappa shape index (κ2) is 17.3. The van der Waals surface area contributed by atoms with E-state index in [9.17, 15) is 0 Å². The molecule has 0 unspecified atom stereocenters. The molecular formula is C60H34Br2N6O2. The van der Waals surface area contributed by atoms with Crippen LogP contribution in [0, 0.1) is 0 Å². The van der Waals surface area contributed by atoms with Crippen molar-refractivity contribution in [2.45, 2.75) is 0 Å². The Bertz CT molecular complexity index is 4270. The van der Waals surface area contributed by atoms with Gasteiger partial charge in [0.1, 0.15) is 22.3 Å². The fourth-order valence-corrected chi connectivity index (χ4v) is 9.99. The first-order valence-corrected chi connectivity index (χ1v) is 24.2. The monoisotopic (exact) mass is 1030 g/mol. The van der Waals surface area contributed by atoms with Crippen LogP contribution in [-0.2, 0) is 0 Å². The van der Waals surface area contributed by atoms with E-state index in [2.05, 4.69) is 173 Å². The first-order chi connectivity index (χ1) is 34.5. The smallest absolute Gasteiger partial charge is 0.135 e. The van der Waals surface area contributed by atoms with Crippen molar-refractivity contribution in [1.29, 1.82) is 0 Å². The Balaban J connectivity index is 0.000000134. The van der Waals surface area contributed by atoms with Crippen molar-refractivity contribution in [3.63, 3.8) is 0 Å². The third-order valence-corrected chi connectivity index (χ3v) is 13.6. The molecule has 8 heterocycles. The molecule has 10 heteroatoms. The highest BCUT2D eigenvalue weighted by Gasteiger charge is 2.14. The van der Waals surface area contributed by atoms with Gasteiger partial charge in [-0.2, -0.15) is 0 Å². The van der Waals surface area contributed by atoms with E-state index >= 15 is 0 Å². The van der Waals surface area contributed by atoms with Crippen molar-refractivity contribution < 1.29 is 8.83 Å². The predicted molar refractivity (Wildman–Crippen MR) is 292 cm³/mol. The molecule has 0 N–H and O–H groups in total.